The van der Waals surface area contributed by atoms with Crippen LogP contribution in [0.1, 0.15) is 0 Å². The van der Waals surface area contributed by atoms with Gasteiger partial charge in [-0.05, 0) is 23.8 Å². The van der Waals surface area contributed by atoms with Crippen molar-refractivity contribution in [1.82, 2.24) is 0 Å². The normalized spacial score (nSPS) is 11.5. The van der Waals surface area contributed by atoms with Gasteiger partial charge in [0.05, 0.1) is 4.90 Å². The molecule has 0 saturated heterocycles. The van der Waals surface area contributed by atoms with Crippen LogP contribution in [0.5, 0.6) is 0 Å². The van der Waals surface area contributed by atoms with Crippen molar-refractivity contribution in [2.45, 2.75) is 4.90 Å². The van der Waals surface area contributed by atoms with Crippen molar-refractivity contribution in [2.75, 3.05) is 0 Å². The fourth-order valence-electron chi connectivity index (χ4n) is 1.57. The van der Waals surface area contributed by atoms with Gasteiger partial charge in [0.15, 0.2) is 0 Å². The van der Waals surface area contributed by atoms with Gasteiger partial charge in [-0.15, -0.1) is 0 Å². The van der Waals surface area contributed by atoms with Crippen LogP contribution in [0.2, 0.25) is 0 Å². The minimum atomic E-state index is -3.76. The van der Waals surface area contributed by atoms with Crippen molar-refractivity contribution in [3.8, 4) is 11.1 Å². The zero-order valence-corrected chi connectivity index (χ0v) is 11.5. The minimum absolute atomic E-state index is 0.0190. The van der Waals surface area contributed by atoms with E-state index in [4.69, 9.17) is 5.14 Å². The highest BCUT2D eigenvalue weighted by molar-refractivity contribution is 9.10. The average Bonchev–Trinajstić information content (AvgIpc) is 2.29. The number of rotatable bonds is 2. The van der Waals surface area contributed by atoms with Crippen LogP contribution in [0.15, 0.2) is 51.8 Å². The molecule has 18 heavy (non-hydrogen) atoms. The Labute approximate surface area is 113 Å². The number of sulfonamides is 1. The van der Waals surface area contributed by atoms with Crippen LogP contribution in [-0.4, -0.2) is 8.42 Å². The molecule has 0 atom stereocenters. The molecule has 2 aromatic carbocycles. The fraction of sp³-hybridized carbons (Fsp3) is 0. The molecule has 6 heteroatoms. The van der Waals surface area contributed by atoms with Crippen molar-refractivity contribution in [3.05, 3.63) is 52.8 Å². The Balaban J connectivity index is 2.59. The summed E-state index contributed by atoms with van der Waals surface area (Å²) in [6, 6.07) is 10.5. The van der Waals surface area contributed by atoms with E-state index >= 15 is 0 Å². The van der Waals surface area contributed by atoms with Gasteiger partial charge in [0.2, 0.25) is 10.0 Å². The Morgan fingerprint density at radius 2 is 1.72 bits per heavy atom. The van der Waals surface area contributed by atoms with Crippen LogP contribution in [0.3, 0.4) is 0 Å². The third-order valence-electron chi connectivity index (χ3n) is 2.43. The molecule has 0 aromatic heterocycles. The molecule has 0 heterocycles. The number of nitrogens with two attached hydrogens (primary N) is 1. The third-order valence-corrected chi connectivity index (χ3v) is 4.00. The molecule has 2 rings (SSSR count). The van der Waals surface area contributed by atoms with Gasteiger partial charge < -0.3 is 0 Å². The van der Waals surface area contributed by atoms with E-state index < -0.39 is 10.0 Å². The number of hydrogen-bond acceptors (Lipinski definition) is 2. The summed E-state index contributed by atoms with van der Waals surface area (Å²) in [6.07, 6.45) is 0. The second kappa shape index (κ2) is 4.79. The topological polar surface area (TPSA) is 60.2 Å². The van der Waals surface area contributed by atoms with Crippen LogP contribution in [0, 0.1) is 5.82 Å². The monoisotopic (exact) mass is 329 g/mol. The Kier molecular flexibility index (Phi) is 3.52. The molecule has 0 aliphatic heterocycles. The average molecular weight is 330 g/mol. The first-order chi connectivity index (χ1) is 8.39. The van der Waals surface area contributed by atoms with E-state index in [2.05, 4.69) is 15.9 Å². The largest absolute Gasteiger partial charge is 0.238 e. The molecule has 0 fully saturated rings. The molecule has 94 valence electrons. The summed E-state index contributed by atoms with van der Waals surface area (Å²) in [5.41, 5.74) is 0.964. The first-order valence-electron chi connectivity index (χ1n) is 4.97. The molecule has 2 N–H and O–H groups in total. The van der Waals surface area contributed by atoms with E-state index in [1.165, 1.54) is 24.3 Å². The molecule has 0 unspecified atom stereocenters. The summed E-state index contributed by atoms with van der Waals surface area (Å²) in [6.45, 7) is 0. The lowest BCUT2D eigenvalue weighted by molar-refractivity contribution is 0.598. The first-order valence-corrected chi connectivity index (χ1v) is 7.31. The Hall–Kier alpha value is -1.24. The van der Waals surface area contributed by atoms with Gasteiger partial charge in [0, 0.05) is 10.0 Å². The van der Waals surface area contributed by atoms with Gasteiger partial charge in [-0.1, -0.05) is 40.2 Å². The predicted molar refractivity (Wildman–Crippen MR) is 70.9 cm³/mol. The van der Waals surface area contributed by atoms with Gasteiger partial charge in [0.1, 0.15) is 5.82 Å². The zero-order valence-electron chi connectivity index (χ0n) is 9.10. The number of primary sulfonamides is 1. The van der Waals surface area contributed by atoms with Crippen LogP contribution in [0.4, 0.5) is 4.39 Å². The van der Waals surface area contributed by atoms with Crippen molar-refractivity contribution < 1.29 is 12.8 Å². The molecule has 0 aliphatic carbocycles. The lowest BCUT2D eigenvalue weighted by Gasteiger charge is -2.07. The zero-order chi connectivity index (χ0) is 13.3. The van der Waals surface area contributed by atoms with Crippen molar-refractivity contribution in [1.29, 1.82) is 0 Å². The number of halogens is 2. The Morgan fingerprint density at radius 1 is 1.06 bits per heavy atom. The highest BCUT2D eigenvalue weighted by Gasteiger charge is 2.13. The number of hydrogen-bond donors (Lipinski definition) is 1. The SMILES string of the molecule is NS(=O)(=O)c1ccc(-c2ccccc2F)c(Br)c1. The van der Waals surface area contributed by atoms with Crippen LogP contribution in [-0.2, 0) is 10.0 Å². The van der Waals surface area contributed by atoms with Crippen LogP contribution in [0.25, 0.3) is 11.1 Å². The minimum Gasteiger partial charge on any atom is -0.225 e. The van der Waals surface area contributed by atoms with E-state index in [0.29, 0.717) is 15.6 Å². The second-order valence-corrected chi connectivity index (χ2v) is 6.08. The molecule has 0 amide bonds. The highest BCUT2D eigenvalue weighted by atomic mass is 79.9. The molecule has 0 radical (unpaired) electrons. The van der Waals surface area contributed by atoms with Gasteiger partial charge in [0.25, 0.3) is 0 Å². The molecule has 0 bridgehead atoms. The Morgan fingerprint density at radius 3 is 2.28 bits per heavy atom. The van der Waals surface area contributed by atoms with Crippen molar-refractivity contribution in [2.24, 2.45) is 5.14 Å². The standard InChI is InChI=1S/C12H9BrFNO2S/c13-11-7-8(18(15,16)17)5-6-9(11)10-3-1-2-4-12(10)14/h1-7H,(H2,15,16,17). The molecule has 0 aliphatic rings. The molecule has 3 nitrogen and oxygen atoms in total. The smallest absolute Gasteiger partial charge is 0.225 e. The van der Waals surface area contributed by atoms with E-state index in [-0.39, 0.29) is 10.7 Å². The summed E-state index contributed by atoms with van der Waals surface area (Å²) in [4.78, 5) is -0.0190. The molecule has 0 spiro atoms. The fourth-order valence-corrected chi connectivity index (χ4v) is 2.85. The van der Waals surface area contributed by atoms with Gasteiger partial charge in [-0.3, -0.25) is 0 Å². The summed E-state index contributed by atoms with van der Waals surface area (Å²) < 4.78 is 36.5. The van der Waals surface area contributed by atoms with Crippen LogP contribution >= 0.6 is 15.9 Å². The first kappa shape index (κ1) is 13.2. The molecule has 2 aromatic rings. The lowest BCUT2D eigenvalue weighted by Crippen LogP contribution is -2.12. The summed E-state index contributed by atoms with van der Waals surface area (Å²) >= 11 is 3.22. The summed E-state index contributed by atoms with van der Waals surface area (Å²) in [5.74, 6) is -0.374. The lowest BCUT2D eigenvalue weighted by atomic mass is 10.1. The van der Waals surface area contributed by atoms with E-state index in [1.807, 2.05) is 0 Å². The number of benzene rings is 2. The maximum absolute atomic E-state index is 13.6. The van der Waals surface area contributed by atoms with E-state index in [9.17, 15) is 12.8 Å². The quantitative estimate of drug-likeness (QED) is 0.920. The van der Waals surface area contributed by atoms with Gasteiger partial charge in [-0.2, -0.15) is 0 Å². The maximum atomic E-state index is 13.6. The van der Waals surface area contributed by atoms with Crippen molar-refractivity contribution >= 4 is 26.0 Å². The van der Waals surface area contributed by atoms with Crippen LogP contribution < -0.4 is 5.14 Å². The summed E-state index contributed by atoms with van der Waals surface area (Å²) in [7, 11) is -3.76. The maximum Gasteiger partial charge on any atom is 0.238 e. The second-order valence-electron chi connectivity index (χ2n) is 3.67. The molecular formula is C12H9BrFNO2S. The third kappa shape index (κ3) is 2.60. The van der Waals surface area contributed by atoms with Gasteiger partial charge >= 0.3 is 0 Å². The predicted octanol–water partition coefficient (Wildman–Crippen LogP) is 2.90. The van der Waals surface area contributed by atoms with E-state index in [0.717, 1.165) is 0 Å². The highest BCUT2D eigenvalue weighted by Crippen LogP contribution is 2.31. The van der Waals surface area contributed by atoms with Crippen molar-refractivity contribution in [3.63, 3.8) is 0 Å². The summed E-state index contributed by atoms with van der Waals surface area (Å²) in [5, 5.41) is 5.02. The van der Waals surface area contributed by atoms with E-state index in [1.54, 1.807) is 18.2 Å². The van der Waals surface area contributed by atoms with Gasteiger partial charge in [-0.25, -0.2) is 17.9 Å². The molecular weight excluding hydrogens is 321 g/mol. The Bertz CT molecular complexity index is 701. The molecule has 0 saturated carbocycles.